The number of nitrogens with zero attached hydrogens (tertiary/aromatic N) is 2. The van der Waals surface area contributed by atoms with E-state index in [0.717, 1.165) is 62.0 Å². The van der Waals surface area contributed by atoms with Crippen LogP contribution in [0.4, 0.5) is 24.5 Å². The predicted octanol–water partition coefficient (Wildman–Crippen LogP) is 6.55. The summed E-state index contributed by atoms with van der Waals surface area (Å²) >= 11 is 0. The third-order valence-corrected chi connectivity index (χ3v) is 9.81. The fraction of sp³-hybridized carbons (Fsp3) is 0.400. The first-order chi connectivity index (χ1) is 19.2. The van der Waals surface area contributed by atoms with Gasteiger partial charge < -0.3 is 14.7 Å². The number of hydrogen-bond donors (Lipinski definition) is 2. The zero-order chi connectivity index (χ0) is 28.3. The van der Waals surface area contributed by atoms with Gasteiger partial charge >= 0.3 is 6.36 Å². The third-order valence-electron chi connectivity index (χ3n) is 7.76. The minimum atomic E-state index is -4.82. The van der Waals surface area contributed by atoms with Gasteiger partial charge in [0.15, 0.2) is 0 Å². The van der Waals surface area contributed by atoms with Gasteiger partial charge in [0.05, 0.1) is 17.0 Å². The molecule has 1 fully saturated rings. The van der Waals surface area contributed by atoms with Crippen LogP contribution in [-0.4, -0.2) is 40.9 Å². The van der Waals surface area contributed by atoms with E-state index < -0.39 is 34.2 Å². The van der Waals surface area contributed by atoms with Crippen LogP contribution in [0.3, 0.4) is 0 Å². The van der Waals surface area contributed by atoms with Crippen LogP contribution in [0.25, 0.3) is 0 Å². The molecule has 2 aliphatic rings. The summed E-state index contributed by atoms with van der Waals surface area (Å²) < 4.78 is 63.1. The first-order valence-electron chi connectivity index (χ1n) is 13.6. The van der Waals surface area contributed by atoms with Crippen molar-refractivity contribution in [3.8, 4) is 5.75 Å². The van der Waals surface area contributed by atoms with Crippen LogP contribution in [-0.2, 0) is 22.8 Å². The van der Waals surface area contributed by atoms with E-state index in [2.05, 4.69) is 43.0 Å². The number of fused-ring (bicyclic) bond motifs is 2. The Labute approximate surface area is 233 Å². The summed E-state index contributed by atoms with van der Waals surface area (Å²) in [5.41, 5.74) is 4.56. The van der Waals surface area contributed by atoms with Gasteiger partial charge in [-0.3, -0.25) is 0 Å². The second-order valence-electron chi connectivity index (χ2n) is 10.3. The van der Waals surface area contributed by atoms with E-state index in [9.17, 15) is 22.5 Å². The van der Waals surface area contributed by atoms with E-state index in [-0.39, 0.29) is 10.9 Å². The Morgan fingerprint density at radius 1 is 0.900 bits per heavy atom. The van der Waals surface area contributed by atoms with Crippen molar-refractivity contribution in [1.82, 2.24) is 4.72 Å². The van der Waals surface area contributed by atoms with E-state index in [4.69, 9.17) is 0 Å². The van der Waals surface area contributed by atoms with E-state index in [1.54, 1.807) is 0 Å². The predicted molar refractivity (Wildman–Crippen MR) is 150 cm³/mol. The molecule has 214 valence electrons. The maximum absolute atomic E-state index is 14.0. The molecular formula is C30H34F3N3O3S. The number of halogens is 3. The fourth-order valence-corrected chi connectivity index (χ4v) is 7.47. The quantitative estimate of drug-likeness (QED) is 0.363. The number of aliphatic hydroxyl groups excluding tert-OH is 1. The monoisotopic (exact) mass is 573 g/mol. The van der Waals surface area contributed by atoms with Crippen LogP contribution in [0.1, 0.15) is 43.2 Å². The van der Waals surface area contributed by atoms with Gasteiger partial charge in [-0.05, 0) is 73.2 Å². The van der Waals surface area contributed by atoms with Crippen molar-refractivity contribution >= 4 is 21.3 Å². The van der Waals surface area contributed by atoms with Crippen molar-refractivity contribution in [3.63, 3.8) is 0 Å². The lowest BCUT2D eigenvalue weighted by Gasteiger charge is -2.42. The molecule has 0 spiro atoms. The molecule has 1 unspecified atom stereocenters. The maximum Gasteiger partial charge on any atom is 0.573 e. The van der Waals surface area contributed by atoms with Gasteiger partial charge in [0, 0.05) is 24.5 Å². The SMILES string of the molecule is CN=S(=O)(N[C@@H]1CCCCC[C@@H](N2c3ccccc3CCc3ccccc32)[C@@H]1O)c1ccc(OC(F)(F)F)cc1. The first kappa shape index (κ1) is 28.4. The molecule has 5 rings (SSSR count). The van der Waals surface area contributed by atoms with Gasteiger partial charge in [-0.25, -0.2) is 13.3 Å². The van der Waals surface area contributed by atoms with Crippen LogP contribution >= 0.6 is 0 Å². The topological polar surface area (TPSA) is 74.2 Å². The Kier molecular flexibility index (Phi) is 8.39. The summed E-state index contributed by atoms with van der Waals surface area (Å²) in [4.78, 5) is 2.48. The lowest BCUT2D eigenvalue weighted by Crippen LogP contribution is -2.54. The molecule has 2 N–H and O–H groups in total. The molecule has 1 aliphatic carbocycles. The minimum absolute atomic E-state index is 0.223. The highest BCUT2D eigenvalue weighted by Gasteiger charge is 2.38. The number of rotatable bonds is 5. The number of hydrogen-bond acceptors (Lipinski definition) is 5. The van der Waals surface area contributed by atoms with E-state index in [1.807, 2.05) is 24.3 Å². The molecule has 0 saturated heterocycles. The summed E-state index contributed by atoms with van der Waals surface area (Å²) in [6.45, 7) is 0. The van der Waals surface area contributed by atoms with Gasteiger partial charge in [0.25, 0.3) is 0 Å². The molecule has 0 radical (unpaired) electrons. The van der Waals surface area contributed by atoms with Crippen molar-refractivity contribution in [2.45, 2.75) is 74.4 Å². The zero-order valence-corrected chi connectivity index (χ0v) is 23.1. The summed E-state index contributed by atoms with van der Waals surface area (Å²) in [6.07, 6.45) is 0.151. The molecule has 0 bridgehead atoms. The lowest BCUT2D eigenvalue weighted by molar-refractivity contribution is -0.274. The molecule has 1 saturated carbocycles. The molecule has 1 heterocycles. The van der Waals surface area contributed by atoms with Crippen molar-refractivity contribution in [3.05, 3.63) is 83.9 Å². The third kappa shape index (κ3) is 6.14. The average Bonchev–Trinajstić information content (AvgIpc) is 3.10. The highest BCUT2D eigenvalue weighted by Crippen LogP contribution is 2.40. The smallest absolute Gasteiger partial charge is 0.406 e. The van der Waals surface area contributed by atoms with Crippen LogP contribution in [0.5, 0.6) is 5.75 Å². The van der Waals surface area contributed by atoms with Gasteiger partial charge in [-0.2, -0.15) is 0 Å². The summed E-state index contributed by atoms with van der Waals surface area (Å²) in [6, 6.07) is 20.6. The van der Waals surface area contributed by atoms with Crippen LogP contribution in [0.2, 0.25) is 0 Å². The Balaban J connectivity index is 1.48. The summed E-state index contributed by atoms with van der Waals surface area (Å²) in [5.74, 6) is -0.404. The molecule has 0 aromatic heterocycles. The first-order valence-corrected chi connectivity index (χ1v) is 15.1. The molecule has 40 heavy (non-hydrogen) atoms. The Bertz CT molecular complexity index is 1390. The molecule has 0 amide bonds. The second-order valence-corrected chi connectivity index (χ2v) is 12.4. The van der Waals surface area contributed by atoms with Crippen molar-refractivity contribution in [2.75, 3.05) is 11.9 Å². The largest absolute Gasteiger partial charge is 0.573 e. The molecule has 1 aliphatic heterocycles. The van der Waals surface area contributed by atoms with Crippen molar-refractivity contribution in [2.24, 2.45) is 4.36 Å². The molecular weight excluding hydrogens is 539 g/mol. The zero-order valence-electron chi connectivity index (χ0n) is 22.3. The van der Waals surface area contributed by atoms with Crippen molar-refractivity contribution < 1.29 is 27.2 Å². The minimum Gasteiger partial charge on any atom is -0.406 e. The Morgan fingerprint density at radius 2 is 1.48 bits per heavy atom. The molecule has 3 aromatic carbocycles. The average molecular weight is 574 g/mol. The highest BCUT2D eigenvalue weighted by atomic mass is 32.2. The van der Waals surface area contributed by atoms with Gasteiger partial charge in [0.1, 0.15) is 15.7 Å². The number of nitrogens with one attached hydrogen (secondary N) is 1. The molecule has 3 aromatic rings. The number of alkyl halides is 3. The number of benzene rings is 3. The number of anilines is 2. The maximum atomic E-state index is 14.0. The fourth-order valence-electron chi connectivity index (χ4n) is 5.84. The van der Waals surface area contributed by atoms with E-state index in [1.165, 1.54) is 30.3 Å². The van der Waals surface area contributed by atoms with Crippen LogP contribution in [0, 0.1) is 0 Å². The number of aliphatic hydroxyl groups is 1. The molecule has 4 atom stereocenters. The van der Waals surface area contributed by atoms with Crippen LogP contribution < -0.4 is 14.4 Å². The van der Waals surface area contributed by atoms with Crippen molar-refractivity contribution in [1.29, 1.82) is 0 Å². The number of ether oxygens (including phenoxy) is 1. The summed E-state index contributed by atoms with van der Waals surface area (Å²) in [5, 5.41) is 12.0. The molecule has 6 nitrogen and oxygen atoms in total. The number of para-hydroxylation sites is 2. The van der Waals surface area contributed by atoms with E-state index >= 15 is 0 Å². The normalized spacial score (nSPS) is 23.0. The lowest BCUT2D eigenvalue weighted by atomic mass is 9.89. The highest BCUT2D eigenvalue weighted by molar-refractivity contribution is 7.91. The van der Waals surface area contributed by atoms with Gasteiger partial charge in [-0.1, -0.05) is 55.7 Å². The van der Waals surface area contributed by atoms with Gasteiger partial charge in [-0.15, -0.1) is 13.2 Å². The molecule has 10 heteroatoms. The van der Waals surface area contributed by atoms with Crippen LogP contribution in [0.15, 0.2) is 82.1 Å². The standard InChI is InChI=1S/C30H34F3N3O3S/c1-34-40(38,24-19-17-23(18-20-24)39-30(31,32)33)35-25-11-3-2-4-14-28(29(25)37)36-26-12-7-5-9-21(26)15-16-22-10-6-8-13-27(22)36/h5-10,12-13,17-20,25,28-29,37H,2-4,11,14-16H2,1H3,(H,34,35,38)/t25-,28-,29-,40?/m1/s1. The Morgan fingerprint density at radius 3 is 2.05 bits per heavy atom. The second kappa shape index (κ2) is 11.8. The van der Waals surface area contributed by atoms with Gasteiger partial charge in [0.2, 0.25) is 0 Å². The summed E-state index contributed by atoms with van der Waals surface area (Å²) in [7, 11) is -1.84. The number of aryl methyl sites for hydroxylation is 2. The Hall–Kier alpha value is -3.08. The van der Waals surface area contributed by atoms with E-state index in [0.29, 0.717) is 6.42 Å².